The second-order valence-corrected chi connectivity index (χ2v) is 7.48. The maximum Gasteiger partial charge on any atom is 0.232 e. The number of ether oxygens (including phenoxy) is 2. The number of carbonyl (C=O) groups is 2. The maximum absolute atomic E-state index is 11.9. The van der Waals surface area contributed by atoms with E-state index in [1.54, 1.807) is 23.5 Å². The van der Waals surface area contributed by atoms with Gasteiger partial charge in [-0.15, -0.1) is 0 Å². The van der Waals surface area contributed by atoms with Gasteiger partial charge in [0.1, 0.15) is 0 Å². The van der Waals surface area contributed by atoms with Gasteiger partial charge in [0.25, 0.3) is 0 Å². The van der Waals surface area contributed by atoms with Crippen LogP contribution >= 0.6 is 23.5 Å². The number of imide groups is 1. The van der Waals surface area contributed by atoms with Crippen molar-refractivity contribution in [3.63, 3.8) is 0 Å². The summed E-state index contributed by atoms with van der Waals surface area (Å²) in [6.07, 6.45) is 6.20. The van der Waals surface area contributed by atoms with E-state index in [-0.39, 0.29) is 55.1 Å². The zero-order chi connectivity index (χ0) is 18.9. The standard InChI is InChI=1S/C12H21NO3S.C5H12O2S.Au.B/c1-3-4-10-9-11(14)13(12(10)15)5-6-16-7-8-17-2;1-8-5-4-7-3-2-6;;/h10H,3-9H2,1-2H3;6H,2-5H2,1H3;;. The Kier molecular flexibility index (Phi) is 27.2. The van der Waals surface area contributed by atoms with E-state index in [2.05, 4.69) is 0 Å². The van der Waals surface area contributed by atoms with Crippen LogP contribution < -0.4 is 0 Å². The van der Waals surface area contributed by atoms with Crippen LogP contribution in [0.2, 0.25) is 0 Å². The summed E-state index contributed by atoms with van der Waals surface area (Å²) in [5.41, 5.74) is 0. The Labute approximate surface area is 190 Å². The van der Waals surface area contributed by atoms with Gasteiger partial charge in [-0.2, -0.15) is 23.5 Å². The average Bonchev–Trinajstić information content (AvgIpc) is 2.87. The van der Waals surface area contributed by atoms with E-state index in [9.17, 15) is 9.59 Å². The molecule has 0 spiro atoms. The van der Waals surface area contributed by atoms with Crippen LogP contribution in [0.15, 0.2) is 0 Å². The van der Waals surface area contributed by atoms with Gasteiger partial charge in [0.15, 0.2) is 0 Å². The molecule has 0 aromatic rings. The molecule has 4 radical (unpaired) electrons. The van der Waals surface area contributed by atoms with Crippen molar-refractivity contribution in [2.75, 3.05) is 63.6 Å². The van der Waals surface area contributed by atoms with Crippen molar-refractivity contribution in [3.8, 4) is 0 Å². The average molecular weight is 603 g/mol. The SMILES string of the molecule is CCCC1CC(=O)N(CCOCCSC)C1=O.CSCCOCCO.[Au].[B]. The fourth-order valence-corrected chi connectivity index (χ4v) is 2.84. The second-order valence-electron chi connectivity index (χ2n) is 5.51. The molecule has 162 valence electrons. The molecule has 1 heterocycles. The van der Waals surface area contributed by atoms with E-state index >= 15 is 0 Å². The van der Waals surface area contributed by atoms with Gasteiger partial charge in [-0.1, -0.05) is 13.3 Å². The Hall–Kier alpha value is 0.525. The largest absolute Gasteiger partial charge is 0.394 e. The molecule has 1 rings (SSSR count). The van der Waals surface area contributed by atoms with Crippen LogP contribution in [0.5, 0.6) is 0 Å². The first-order valence-corrected chi connectivity index (χ1v) is 11.5. The summed E-state index contributed by atoms with van der Waals surface area (Å²) in [6.45, 7) is 4.93. The predicted octanol–water partition coefficient (Wildman–Crippen LogP) is 1.52. The summed E-state index contributed by atoms with van der Waals surface area (Å²) in [6, 6.07) is 0. The number of nitrogens with zero attached hydrogens (tertiary/aromatic N) is 1. The van der Waals surface area contributed by atoms with Gasteiger partial charge in [-0.3, -0.25) is 14.5 Å². The number of likely N-dealkylation sites (tertiary alicyclic amines) is 1. The van der Waals surface area contributed by atoms with Gasteiger partial charge >= 0.3 is 0 Å². The van der Waals surface area contributed by atoms with Crippen molar-refractivity contribution < 1.29 is 46.5 Å². The molecule has 1 N–H and O–H groups in total. The van der Waals surface area contributed by atoms with Crippen molar-refractivity contribution in [3.05, 3.63) is 0 Å². The number of aliphatic hydroxyl groups is 1. The number of aliphatic hydroxyl groups excluding tert-OH is 1. The minimum atomic E-state index is -0.0845. The van der Waals surface area contributed by atoms with Crippen LogP contribution in [0.4, 0.5) is 0 Å². The van der Waals surface area contributed by atoms with Gasteiger partial charge < -0.3 is 14.6 Å². The Balaban J connectivity index is -0.000000496. The van der Waals surface area contributed by atoms with E-state index in [1.165, 1.54) is 4.90 Å². The van der Waals surface area contributed by atoms with E-state index in [0.29, 0.717) is 32.8 Å². The zero-order valence-corrected chi connectivity index (χ0v) is 20.4. The van der Waals surface area contributed by atoms with Gasteiger partial charge in [-0.25, -0.2) is 0 Å². The summed E-state index contributed by atoms with van der Waals surface area (Å²) < 4.78 is 10.3. The van der Waals surface area contributed by atoms with Gasteiger partial charge in [-0.05, 0) is 18.9 Å². The molecule has 10 heteroatoms. The molecule has 0 aromatic carbocycles. The molecule has 1 fully saturated rings. The van der Waals surface area contributed by atoms with Crippen LogP contribution in [0.25, 0.3) is 0 Å². The molecule has 0 aliphatic carbocycles. The zero-order valence-electron chi connectivity index (χ0n) is 16.6. The number of thioether (sulfide) groups is 2. The first-order chi connectivity index (χ1) is 12.1. The first kappa shape index (κ1) is 32.2. The van der Waals surface area contributed by atoms with Crippen molar-refractivity contribution in [1.29, 1.82) is 0 Å². The molecule has 27 heavy (non-hydrogen) atoms. The van der Waals surface area contributed by atoms with Crippen molar-refractivity contribution in [2.45, 2.75) is 26.2 Å². The van der Waals surface area contributed by atoms with E-state index < -0.39 is 0 Å². The Bertz CT molecular complexity index is 364. The molecular weight excluding hydrogens is 570 g/mol. The number of hydrogen-bond acceptors (Lipinski definition) is 7. The van der Waals surface area contributed by atoms with Gasteiger partial charge in [0, 0.05) is 54.6 Å². The predicted molar refractivity (Wildman–Crippen MR) is 111 cm³/mol. The van der Waals surface area contributed by atoms with Crippen molar-refractivity contribution in [1.82, 2.24) is 4.90 Å². The van der Waals surface area contributed by atoms with Crippen molar-refractivity contribution >= 4 is 43.8 Å². The third-order valence-corrected chi connectivity index (χ3v) is 4.68. The molecule has 1 unspecified atom stereocenters. The molecule has 1 atom stereocenters. The maximum atomic E-state index is 11.9. The van der Waals surface area contributed by atoms with E-state index in [4.69, 9.17) is 14.6 Å². The van der Waals surface area contributed by atoms with Crippen LogP contribution in [-0.2, 0) is 41.4 Å². The second kappa shape index (κ2) is 22.8. The van der Waals surface area contributed by atoms with Crippen LogP contribution in [0.3, 0.4) is 0 Å². The summed E-state index contributed by atoms with van der Waals surface area (Å²) in [7, 11) is 0. The fraction of sp³-hybridized carbons (Fsp3) is 0.882. The molecule has 1 saturated heterocycles. The Morgan fingerprint density at radius 2 is 1.63 bits per heavy atom. The number of carbonyl (C=O) groups excluding carboxylic acids is 2. The van der Waals surface area contributed by atoms with Crippen LogP contribution in [0.1, 0.15) is 26.2 Å². The molecular formula is C17H33AuBNO5S2. The molecule has 1 aliphatic heterocycles. The number of amides is 2. The molecule has 1 aliphatic rings. The first-order valence-electron chi connectivity index (χ1n) is 8.70. The normalized spacial score (nSPS) is 15.7. The molecule has 2 amide bonds. The molecule has 6 nitrogen and oxygen atoms in total. The summed E-state index contributed by atoms with van der Waals surface area (Å²) in [5.74, 6) is 1.83. The van der Waals surface area contributed by atoms with E-state index in [0.717, 1.165) is 31.0 Å². The van der Waals surface area contributed by atoms with Crippen LogP contribution in [0, 0.1) is 5.92 Å². The minimum absolute atomic E-state index is 0. The molecule has 0 saturated carbocycles. The quantitative estimate of drug-likeness (QED) is 0.195. The third-order valence-electron chi connectivity index (χ3n) is 3.53. The van der Waals surface area contributed by atoms with E-state index in [1.807, 2.05) is 19.4 Å². The fourth-order valence-electron chi connectivity index (χ4n) is 2.27. The Morgan fingerprint density at radius 3 is 2.11 bits per heavy atom. The molecule has 0 bridgehead atoms. The smallest absolute Gasteiger partial charge is 0.232 e. The summed E-state index contributed by atoms with van der Waals surface area (Å²) >= 11 is 3.47. The monoisotopic (exact) mass is 603 g/mol. The Morgan fingerprint density at radius 1 is 1.07 bits per heavy atom. The van der Waals surface area contributed by atoms with Gasteiger partial charge in [0.05, 0.1) is 39.6 Å². The summed E-state index contributed by atoms with van der Waals surface area (Å²) in [4.78, 5) is 24.9. The minimum Gasteiger partial charge on any atom is -0.394 e. The summed E-state index contributed by atoms with van der Waals surface area (Å²) in [5, 5.41) is 8.23. The topological polar surface area (TPSA) is 76.1 Å². The number of hydrogen-bond donors (Lipinski definition) is 1. The van der Waals surface area contributed by atoms with Crippen molar-refractivity contribution in [2.24, 2.45) is 5.92 Å². The third kappa shape index (κ3) is 16.1. The number of rotatable bonds is 13. The van der Waals surface area contributed by atoms with Gasteiger partial charge in [0.2, 0.25) is 11.8 Å². The van der Waals surface area contributed by atoms with Crippen LogP contribution in [-0.4, -0.2) is 93.8 Å². The molecule has 0 aromatic heterocycles.